The molecule has 0 saturated heterocycles. The van der Waals surface area contributed by atoms with Crippen molar-refractivity contribution in [1.82, 2.24) is 15.5 Å². The quantitative estimate of drug-likeness (QED) is 0.0613. The van der Waals surface area contributed by atoms with Crippen LogP contribution in [-0.2, 0) is 28.4 Å². The van der Waals surface area contributed by atoms with Gasteiger partial charge in [-0.3, -0.25) is 4.90 Å². The van der Waals surface area contributed by atoms with Crippen molar-refractivity contribution in [2.24, 2.45) is 0 Å². The highest BCUT2D eigenvalue weighted by Gasteiger charge is 2.26. The minimum atomic E-state index is -0.744. The van der Waals surface area contributed by atoms with Gasteiger partial charge in [-0.2, -0.15) is 0 Å². The van der Waals surface area contributed by atoms with Crippen LogP contribution in [0.2, 0.25) is 0 Å². The van der Waals surface area contributed by atoms with Gasteiger partial charge in [0.1, 0.15) is 12.2 Å². The summed E-state index contributed by atoms with van der Waals surface area (Å²) in [7, 11) is 0. The zero-order valence-electron chi connectivity index (χ0n) is 33.4. The van der Waals surface area contributed by atoms with Crippen LogP contribution in [0.1, 0.15) is 110 Å². The molecule has 3 rings (SSSR count). The Morgan fingerprint density at radius 3 is 1.25 bits per heavy atom. The molecule has 0 spiro atoms. The van der Waals surface area contributed by atoms with E-state index in [9.17, 15) is 20.4 Å². The summed E-state index contributed by atoms with van der Waals surface area (Å²) >= 11 is 0. The third-order valence-electron chi connectivity index (χ3n) is 10.8. The molecule has 3 fully saturated rings. The van der Waals surface area contributed by atoms with E-state index >= 15 is 0 Å². The van der Waals surface area contributed by atoms with Crippen molar-refractivity contribution in [2.75, 3.05) is 92.2 Å². The van der Waals surface area contributed by atoms with E-state index in [0.29, 0.717) is 64.7 Å². The van der Waals surface area contributed by atoms with Gasteiger partial charge in [-0.25, -0.2) is 0 Å². The highest BCUT2D eigenvalue weighted by Crippen LogP contribution is 2.23. The standard InChI is InChI=1S/C40H79N3O10/c1-3-48-28-39(52-26-35(44)20-41-32-14-8-5-9-15-32)30-50-24-37(46)22-43(34-18-12-7-13-19-34)23-38(47)25-51-31-40(29-49-4-2)53-27-36(45)21-42-33-16-10-6-11-17-33/h32-42,44-47H,3-31H2,1-2H3. The number of nitrogens with zero attached hydrogens (tertiary/aromatic N) is 1. The second kappa shape index (κ2) is 29.7. The lowest BCUT2D eigenvalue weighted by Gasteiger charge is -2.36. The summed E-state index contributed by atoms with van der Waals surface area (Å²) < 4.78 is 35.0. The molecular weight excluding hydrogens is 682 g/mol. The Kier molecular flexibility index (Phi) is 26.2. The summed E-state index contributed by atoms with van der Waals surface area (Å²) in [6, 6.07) is 1.24. The first-order valence-electron chi connectivity index (χ1n) is 21.3. The van der Waals surface area contributed by atoms with E-state index in [0.717, 1.165) is 51.4 Å². The molecule has 0 aromatic rings. The zero-order valence-corrected chi connectivity index (χ0v) is 33.4. The summed E-state index contributed by atoms with van der Waals surface area (Å²) in [6.45, 7) is 8.59. The molecule has 6 atom stereocenters. The van der Waals surface area contributed by atoms with E-state index in [1.807, 2.05) is 13.8 Å². The first-order valence-corrected chi connectivity index (χ1v) is 21.3. The number of hydrogen-bond donors (Lipinski definition) is 6. The normalized spacial score (nSPS) is 21.8. The predicted octanol–water partition coefficient (Wildman–Crippen LogP) is 2.79. The van der Waals surface area contributed by atoms with Gasteiger partial charge >= 0.3 is 0 Å². The molecule has 6 N–H and O–H groups in total. The van der Waals surface area contributed by atoms with Crippen LogP contribution in [0.3, 0.4) is 0 Å². The molecule has 0 bridgehead atoms. The number of rotatable bonds is 31. The summed E-state index contributed by atoms with van der Waals surface area (Å²) in [5, 5.41) is 50.1. The van der Waals surface area contributed by atoms with Gasteiger partial charge in [-0.15, -0.1) is 0 Å². The highest BCUT2D eigenvalue weighted by molar-refractivity contribution is 4.81. The third-order valence-corrected chi connectivity index (χ3v) is 10.8. The molecule has 13 heteroatoms. The third kappa shape index (κ3) is 22.1. The van der Waals surface area contributed by atoms with Crippen LogP contribution in [0.15, 0.2) is 0 Å². The van der Waals surface area contributed by atoms with E-state index < -0.39 is 24.4 Å². The lowest BCUT2D eigenvalue weighted by molar-refractivity contribution is -0.0958. The number of nitrogens with one attached hydrogen (secondary N) is 2. The second-order valence-electron chi connectivity index (χ2n) is 15.7. The van der Waals surface area contributed by atoms with Gasteiger partial charge in [0, 0.05) is 57.5 Å². The summed E-state index contributed by atoms with van der Waals surface area (Å²) in [5.74, 6) is 0. The molecule has 0 amide bonds. The Morgan fingerprint density at radius 2 is 0.849 bits per heavy atom. The van der Waals surface area contributed by atoms with Gasteiger partial charge in [0.05, 0.1) is 77.3 Å². The van der Waals surface area contributed by atoms with Crippen LogP contribution in [0.4, 0.5) is 0 Å². The molecule has 0 heterocycles. The number of hydrogen-bond acceptors (Lipinski definition) is 13. The molecular formula is C40H79N3O10. The van der Waals surface area contributed by atoms with Crippen LogP contribution in [0.25, 0.3) is 0 Å². The van der Waals surface area contributed by atoms with Crippen molar-refractivity contribution >= 4 is 0 Å². The molecule has 6 unspecified atom stereocenters. The number of aliphatic hydroxyl groups excluding tert-OH is 4. The fourth-order valence-electron chi connectivity index (χ4n) is 7.75. The Morgan fingerprint density at radius 1 is 0.472 bits per heavy atom. The van der Waals surface area contributed by atoms with Gasteiger partial charge in [0.25, 0.3) is 0 Å². The molecule has 0 aromatic heterocycles. The molecule has 53 heavy (non-hydrogen) atoms. The van der Waals surface area contributed by atoms with Crippen LogP contribution >= 0.6 is 0 Å². The van der Waals surface area contributed by atoms with Gasteiger partial charge in [0.2, 0.25) is 0 Å². The minimum absolute atomic E-state index is 0.131. The molecule has 0 aromatic carbocycles. The molecule has 3 aliphatic carbocycles. The van der Waals surface area contributed by atoms with Crippen molar-refractivity contribution in [3.8, 4) is 0 Å². The van der Waals surface area contributed by atoms with E-state index in [-0.39, 0.29) is 57.9 Å². The summed E-state index contributed by atoms with van der Waals surface area (Å²) in [6.07, 6.45) is 14.4. The minimum Gasteiger partial charge on any atom is -0.389 e. The molecule has 0 radical (unpaired) electrons. The van der Waals surface area contributed by atoms with E-state index in [2.05, 4.69) is 15.5 Å². The van der Waals surface area contributed by atoms with Crippen molar-refractivity contribution in [3.63, 3.8) is 0 Å². The van der Waals surface area contributed by atoms with Crippen LogP contribution in [0.5, 0.6) is 0 Å². The van der Waals surface area contributed by atoms with Crippen LogP contribution < -0.4 is 10.6 Å². The summed E-state index contributed by atoms with van der Waals surface area (Å²) in [4.78, 5) is 2.19. The van der Waals surface area contributed by atoms with Crippen molar-refractivity contribution < 1.29 is 48.8 Å². The van der Waals surface area contributed by atoms with Crippen molar-refractivity contribution in [2.45, 2.75) is 165 Å². The molecule has 0 aliphatic heterocycles. The topological polar surface area (TPSA) is 164 Å². The Bertz CT molecular complexity index is 790. The number of aliphatic hydroxyl groups is 4. The zero-order chi connectivity index (χ0) is 37.9. The number of ether oxygens (including phenoxy) is 6. The van der Waals surface area contributed by atoms with Crippen LogP contribution in [-0.4, -0.2) is 172 Å². The van der Waals surface area contributed by atoms with Gasteiger partial charge in [-0.1, -0.05) is 57.8 Å². The first kappa shape index (κ1) is 46.9. The van der Waals surface area contributed by atoms with E-state index in [4.69, 9.17) is 28.4 Å². The average Bonchev–Trinajstić information content (AvgIpc) is 3.18. The molecule has 13 nitrogen and oxygen atoms in total. The SMILES string of the molecule is CCOCC(COCC(O)CN(CC(O)COCC(COCC)OCC(O)CNC1CCCCC1)C1CCCCC1)OCC(O)CNC1CCCCC1. The lowest BCUT2D eigenvalue weighted by Crippen LogP contribution is -2.47. The maximum atomic E-state index is 11.1. The highest BCUT2D eigenvalue weighted by atomic mass is 16.6. The Hall–Kier alpha value is -0.520. The first-order chi connectivity index (χ1) is 25.9. The maximum absolute atomic E-state index is 11.1. The largest absolute Gasteiger partial charge is 0.389 e. The Balaban J connectivity index is 1.38. The van der Waals surface area contributed by atoms with Gasteiger partial charge in [0.15, 0.2) is 0 Å². The fraction of sp³-hybridized carbons (Fsp3) is 1.00. The van der Waals surface area contributed by atoms with Gasteiger partial charge < -0.3 is 59.5 Å². The van der Waals surface area contributed by atoms with Crippen LogP contribution in [0, 0.1) is 0 Å². The molecule has 3 saturated carbocycles. The van der Waals surface area contributed by atoms with Crippen molar-refractivity contribution in [3.05, 3.63) is 0 Å². The average molecular weight is 762 g/mol. The van der Waals surface area contributed by atoms with E-state index in [1.165, 1.54) is 44.9 Å². The summed E-state index contributed by atoms with van der Waals surface area (Å²) in [5.41, 5.74) is 0. The van der Waals surface area contributed by atoms with Crippen molar-refractivity contribution in [1.29, 1.82) is 0 Å². The van der Waals surface area contributed by atoms with Gasteiger partial charge in [-0.05, 0) is 52.4 Å². The second-order valence-corrected chi connectivity index (χ2v) is 15.7. The fourth-order valence-corrected chi connectivity index (χ4v) is 7.75. The smallest absolute Gasteiger partial charge is 0.104 e. The predicted molar refractivity (Wildman–Crippen MR) is 206 cm³/mol. The molecule has 314 valence electrons. The lowest BCUT2D eigenvalue weighted by atomic mass is 9.93. The monoisotopic (exact) mass is 762 g/mol. The molecule has 3 aliphatic rings. The van der Waals surface area contributed by atoms with E-state index in [1.54, 1.807) is 0 Å². The maximum Gasteiger partial charge on any atom is 0.104 e. The Labute approximate surface area is 321 Å².